The van der Waals surface area contributed by atoms with E-state index in [4.69, 9.17) is 0 Å². The maximum Gasteiger partial charge on any atom is 0.334 e. The third-order valence-corrected chi connectivity index (χ3v) is 1.55. The molecule has 0 aromatic heterocycles. The highest BCUT2D eigenvalue weighted by Gasteiger charge is 2.14. The second-order valence-corrected chi connectivity index (χ2v) is 3.13. The molecule has 0 amide bonds. The minimum absolute atomic E-state index is 0.318. The van der Waals surface area contributed by atoms with E-state index in [1.807, 2.05) is 19.9 Å². The van der Waals surface area contributed by atoms with Crippen LogP contribution in [0, 0.1) is 0 Å². The van der Waals surface area contributed by atoms with Gasteiger partial charge in [-0.25, -0.2) is 4.79 Å². The molecule has 0 saturated heterocycles. The van der Waals surface area contributed by atoms with Crippen LogP contribution >= 0.6 is 0 Å². The number of carbonyl (C=O) groups is 1. The lowest BCUT2D eigenvalue weighted by Gasteiger charge is -2.07. The molecule has 0 aliphatic rings. The quantitative estimate of drug-likeness (QED) is 0.524. The number of aliphatic hydroxyl groups excluding tert-OH is 1. The fourth-order valence-corrected chi connectivity index (χ4v) is 0.886. The Labute approximate surface area is 79.4 Å². The van der Waals surface area contributed by atoms with Crippen LogP contribution in [0.5, 0.6) is 0 Å². The van der Waals surface area contributed by atoms with Crippen molar-refractivity contribution in [3.63, 3.8) is 0 Å². The Hall–Kier alpha value is -0.830. The first-order chi connectivity index (χ1) is 6.07. The van der Waals surface area contributed by atoms with E-state index in [1.54, 1.807) is 6.92 Å². The van der Waals surface area contributed by atoms with Crippen molar-refractivity contribution in [3.05, 3.63) is 11.6 Å². The molecule has 0 bridgehead atoms. The van der Waals surface area contributed by atoms with Gasteiger partial charge in [0.25, 0.3) is 0 Å². The Morgan fingerprint density at radius 3 is 2.62 bits per heavy atom. The van der Waals surface area contributed by atoms with Gasteiger partial charge in [0.05, 0.1) is 6.61 Å². The van der Waals surface area contributed by atoms with Crippen molar-refractivity contribution in [2.45, 2.75) is 39.7 Å². The van der Waals surface area contributed by atoms with Gasteiger partial charge in [-0.15, -0.1) is 0 Å². The summed E-state index contributed by atoms with van der Waals surface area (Å²) in [6, 6.07) is 0. The average molecular weight is 186 g/mol. The normalized spacial score (nSPS) is 12.0. The lowest BCUT2D eigenvalue weighted by atomic mass is 10.1. The highest BCUT2D eigenvalue weighted by Crippen LogP contribution is 2.02. The number of hydrogen-bond acceptors (Lipinski definition) is 3. The zero-order chi connectivity index (χ0) is 10.3. The second kappa shape index (κ2) is 6.66. The lowest BCUT2D eigenvalue weighted by molar-refractivity contribution is -0.153. The molecule has 13 heavy (non-hydrogen) atoms. The molecule has 1 N–H and O–H groups in total. The highest BCUT2D eigenvalue weighted by molar-refractivity contribution is 5.74. The number of ether oxygens (including phenoxy) is 1. The summed E-state index contributed by atoms with van der Waals surface area (Å²) < 4.78 is 4.65. The molecule has 3 nitrogen and oxygen atoms in total. The van der Waals surface area contributed by atoms with Crippen molar-refractivity contribution < 1.29 is 14.6 Å². The Kier molecular flexibility index (Phi) is 6.24. The maximum absolute atomic E-state index is 10.9. The van der Waals surface area contributed by atoms with Gasteiger partial charge in [0.1, 0.15) is 0 Å². The van der Waals surface area contributed by atoms with Gasteiger partial charge in [-0.3, -0.25) is 0 Å². The van der Waals surface area contributed by atoms with Gasteiger partial charge in [-0.05, 0) is 33.6 Å². The van der Waals surface area contributed by atoms with E-state index >= 15 is 0 Å². The molecule has 3 heteroatoms. The van der Waals surface area contributed by atoms with Crippen LogP contribution in [0.3, 0.4) is 0 Å². The summed E-state index contributed by atoms with van der Waals surface area (Å²) in [5.41, 5.74) is 1.19. The number of aliphatic hydroxyl groups is 1. The lowest BCUT2D eigenvalue weighted by Crippen LogP contribution is -2.22. The fourth-order valence-electron chi connectivity index (χ4n) is 0.886. The van der Waals surface area contributed by atoms with Crippen LogP contribution in [0.15, 0.2) is 11.6 Å². The summed E-state index contributed by atoms with van der Waals surface area (Å²) in [5.74, 6) is -0.523. The van der Waals surface area contributed by atoms with Crippen LogP contribution in [0.1, 0.15) is 33.6 Å². The SMILES string of the molecule is CCOC(=O)C(O)CCC=C(C)C. The van der Waals surface area contributed by atoms with E-state index in [2.05, 4.69) is 4.74 Å². The van der Waals surface area contributed by atoms with E-state index in [0.29, 0.717) is 19.4 Å². The summed E-state index contributed by atoms with van der Waals surface area (Å²) in [5, 5.41) is 9.26. The summed E-state index contributed by atoms with van der Waals surface area (Å²) in [4.78, 5) is 10.9. The van der Waals surface area contributed by atoms with Crippen molar-refractivity contribution in [2.24, 2.45) is 0 Å². The molecule has 0 spiro atoms. The predicted octanol–water partition coefficient (Wildman–Crippen LogP) is 1.66. The Bertz CT molecular complexity index is 181. The molecule has 0 aromatic carbocycles. The predicted molar refractivity (Wildman–Crippen MR) is 51.3 cm³/mol. The van der Waals surface area contributed by atoms with Crippen molar-refractivity contribution in [3.8, 4) is 0 Å². The van der Waals surface area contributed by atoms with Crippen molar-refractivity contribution >= 4 is 5.97 Å². The molecule has 0 radical (unpaired) electrons. The number of hydrogen-bond donors (Lipinski definition) is 1. The third kappa shape index (κ3) is 6.34. The van der Waals surface area contributed by atoms with Gasteiger partial charge >= 0.3 is 5.97 Å². The standard InChI is InChI=1S/C10H18O3/c1-4-13-10(12)9(11)7-5-6-8(2)3/h6,9,11H,4-5,7H2,1-3H3. The van der Waals surface area contributed by atoms with Crippen LogP contribution in [0.2, 0.25) is 0 Å². The maximum atomic E-state index is 10.9. The van der Waals surface area contributed by atoms with Gasteiger partial charge in [0.15, 0.2) is 6.10 Å². The van der Waals surface area contributed by atoms with E-state index in [1.165, 1.54) is 5.57 Å². The third-order valence-electron chi connectivity index (χ3n) is 1.55. The molecule has 76 valence electrons. The molecule has 1 atom stereocenters. The first kappa shape index (κ1) is 12.2. The first-order valence-electron chi connectivity index (χ1n) is 4.56. The number of rotatable bonds is 5. The Morgan fingerprint density at radius 1 is 1.54 bits per heavy atom. The van der Waals surface area contributed by atoms with Gasteiger partial charge in [-0.1, -0.05) is 11.6 Å². The van der Waals surface area contributed by atoms with Gasteiger partial charge in [0.2, 0.25) is 0 Å². The summed E-state index contributed by atoms with van der Waals surface area (Å²) in [7, 11) is 0. The molecular weight excluding hydrogens is 168 g/mol. The topological polar surface area (TPSA) is 46.5 Å². The van der Waals surface area contributed by atoms with Crippen molar-refractivity contribution in [1.29, 1.82) is 0 Å². The van der Waals surface area contributed by atoms with E-state index in [-0.39, 0.29) is 0 Å². The van der Waals surface area contributed by atoms with E-state index in [0.717, 1.165) is 0 Å². The van der Waals surface area contributed by atoms with Gasteiger partial charge in [0, 0.05) is 0 Å². The molecule has 0 aliphatic heterocycles. The Morgan fingerprint density at radius 2 is 2.15 bits per heavy atom. The van der Waals surface area contributed by atoms with E-state index in [9.17, 15) is 9.90 Å². The van der Waals surface area contributed by atoms with Crippen LogP contribution in [0.4, 0.5) is 0 Å². The zero-order valence-corrected chi connectivity index (χ0v) is 8.54. The monoisotopic (exact) mass is 186 g/mol. The van der Waals surface area contributed by atoms with Crippen LogP contribution < -0.4 is 0 Å². The average Bonchev–Trinajstić information content (AvgIpc) is 2.04. The number of esters is 1. The van der Waals surface area contributed by atoms with Crippen molar-refractivity contribution in [2.75, 3.05) is 6.61 Å². The zero-order valence-electron chi connectivity index (χ0n) is 8.54. The van der Waals surface area contributed by atoms with Crippen LogP contribution in [0.25, 0.3) is 0 Å². The number of carbonyl (C=O) groups excluding carboxylic acids is 1. The molecule has 1 unspecified atom stereocenters. The molecule has 0 fully saturated rings. The van der Waals surface area contributed by atoms with Gasteiger partial charge < -0.3 is 9.84 Å². The van der Waals surface area contributed by atoms with Crippen LogP contribution in [-0.2, 0) is 9.53 Å². The highest BCUT2D eigenvalue weighted by atomic mass is 16.5. The summed E-state index contributed by atoms with van der Waals surface area (Å²) >= 11 is 0. The molecule has 0 saturated carbocycles. The molecule has 0 aromatic rings. The summed E-state index contributed by atoms with van der Waals surface area (Å²) in [6.45, 7) is 6.01. The van der Waals surface area contributed by atoms with Crippen LogP contribution in [-0.4, -0.2) is 23.8 Å². The molecule has 0 aliphatic carbocycles. The first-order valence-corrected chi connectivity index (χ1v) is 4.56. The van der Waals surface area contributed by atoms with E-state index < -0.39 is 12.1 Å². The molecule has 0 rings (SSSR count). The Balaban J connectivity index is 3.67. The van der Waals surface area contributed by atoms with Crippen molar-refractivity contribution in [1.82, 2.24) is 0 Å². The van der Waals surface area contributed by atoms with Gasteiger partial charge in [-0.2, -0.15) is 0 Å². The fraction of sp³-hybridized carbons (Fsp3) is 0.700. The second-order valence-electron chi connectivity index (χ2n) is 3.13. The molecular formula is C10H18O3. The number of allylic oxidation sites excluding steroid dienone is 2. The summed E-state index contributed by atoms with van der Waals surface area (Å²) in [6.07, 6.45) is 2.16. The minimum atomic E-state index is -0.976. The largest absolute Gasteiger partial charge is 0.464 e. The minimum Gasteiger partial charge on any atom is -0.464 e. The smallest absolute Gasteiger partial charge is 0.334 e. The molecule has 0 heterocycles.